The van der Waals surface area contributed by atoms with E-state index in [9.17, 15) is 0 Å². The minimum Gasteiger partial charge on any atom is -0.309 e. The lowest BCUT2D eigenvalue weighted by Crippen LogP contribution is -2.40. The molecule has 21 heavy (non-hydrogen) atoms. The van der Waals surface area contributed by atoms with Crippen molar-refractivity contribution in [3.8, 4) is 10.4 Å². The maximum atomic E-state index is 3.71. The van der Waals surface area contributed by atoms with E-state index in [2.05, 4.69) is 69.6 Å². The summed E-state index contributed by atoms with van der Waals surface area (Å²) in [5.41, 5.74) is 1.29. The molecule has 3 rings (SSSR count). The highest BCUT2D eigenvalue weighted by Crippen LogP contribution is 2.33. The first-order chi connectivity index (χ1) is 10.2. The molecule has 112 valence electrons. The molecular weight excluding hydrogens is 344 g/mol. The molecule has 0 bridgehead atoms. The van der Waals surface area contributed by atoms with Crippen LogP contribution in [0.3, 0.4) is 0 Å². The molecule has 4 heteroatoms. The van der Waals surface area contributed by atoms with Crippen LogP contribution in [0.2, 0.25) is 0 Å². The smallest absolute Gasteiger partial charge is 0.0357 e. The molecule has 0 saturated carbocycles. The molecule has 1 saturated heterocycles. The van der Waals surface area contributed by atoms with Crippen molar-refractivity contribution in [3.63, 3.8) is 0 Å². The van der Waals surface area contributed by atoms with E-state index in [-0.39, 0.29) is 0 Å². The number of nitrogens with one attached hydrogen (secondary N) is 1. The highest BCUT2D eigenvalue weighted by Gasteiger charge is 2.16. The van der Waals surface area contributed by atoms with Crippen molar-refractivity contribution >= 4 is 27.3 Å². The zero-order valence-electron chi connectivity index (χ0n) is 12.3. The Hall–Kier alpha value is -0.680. The summed E-state index contributed by atoms with van der Waals surface area (Å²) in [4.78, 5) is 5.16. The molecule has 2 heterocycles. The normalized spacial score (nSPS) is 17.2. The number of hydrogen-bond acceptors (Lipinski definition) is 3. The van der Waals surface area contributed by atoms with Crippen LogP contribution in [0.4, 0.5) is 0 Å². The van der Waals surface area contributed by atoms with E-state index in [0.29, 0.717) is 6.04 Å². The lowest BCUT2D eigenvalue weighted by atomic mass is 10.1. The average molecular weight is 365 g/mol. The van der Waals surface area contributed by atoms with Crippen molar-refractivity contribution < 1.29 is 0 Å². The highest BCUT2D eigenvalue weighted by atomic mass is 79.9. The van der Waals surface area contributed by atoms with Gasteiger partial charge in [0.15, 0.2) is 0 Å². The van der Waals surface area contributed by atoms with Gasteiger partial charge >= 0.3 is 0 Å². The molecule has 2 aromatic rings. The molecule has 0 unspecified atom stereocenters. The van der Waals surface area contributed by atoms with Crippen LogP contribution < -0.4 is 5.32 Å². The van der Waals surface area contributed by atoms with Gasteiger partial charge in [-0.2, -0.15) is 0 Å². The van der Waals surface area contributed by atoms with Gasteiger partial charge in [-0.3, -0.25) is 0 Å². The van der Waals surface area contributed by atoms with Crippen LogP contribution in [0.1, 0.15) is 17.7 Å². The van der Waals surface area contributed by atoms with E-state index in [1.54, 1.807) is 0 Å². The summed E-state index contributed by atoms with van der Waals surface area (Å²) in [6, 6.07) is 13.6. The van der Waals surface area contributed by atoms with E-state index in [1.165, 1.54) is 45.7 Å². The van der Waals surface area contributed by atoms with Crippen molar-refractivity contribution in [2.75, 3.05) is 20.1 Å². The molecule has 1 aromatic carbocycles. The van der Waals surface area contributed by atoms with Crippen molar-refractivity contribution in [2.24, 2.45) is 0 Å². The fourth-order valence-electron chi connectivity index (χ4n) is 2.74. The topological polar surface area (TPSA) is 15.3 Å². The molecule has 0 amide bonds. The van der Waals surface area contributed by atoms with Gasteiger partial charge in [-0.1, -0.05) is 34.1 Å². The largest absolute Gasteiger partial charge is 0.309 e. The second-order valence-corrected chi connectivity index (χ2v) is 7.73. The van der Waals surface area contributed by atoms with Crippen molar-refractivity contribution in [1.82, 2.24) is 10.2 Å². The standard InChI is InChI=1S/C17H21BrN2S/c1-20-10-8-13(9-11-20)19-12-14-6-7-17(21-14)15-4-2-3-5-16(15)18/h2-7,13,19H,8-12H2,1H3. The minimum absolute atomic E-state index is 0.676. The Morgan fingerprint density at radius 2 is 1.95 bits per heavy atom. The second kappa shape index (κ2) is 7.05. The van der Waals surface area contributed by atoms with E-state index >= 15 is 0 Å². The SMILES string of the molecule is CN1CCC(NCc2ccc(-c3ccccc3Br)s2)CC1. The summed E-state index contributed by atoms with van der Waals surface area (Å²) in [6.07, 6.45) is 2.53. The van der Waals surface area contributed by atoms with Crippen LogP contribution in [0.5, 0.6) is 0 Å². The Kier molecular flexibility index (Phi) is 5.11. The fraction of sp³-hybridized carbons (Fsp3) is 0.412. The van der Waals surface area contributed by atoms with Gasteiger partial charge in [0.1, 0.15) is 0 Å². The average Bonchev–Trinajstić information content (AvgIpc) is 2.96. The second-order valence-electron chi connectivity index (χ2n) is 5.70. The third-order valence-corrected chi connectivity index (χ3v) is 5.89. The monoisotopic (exact) mass is 364 g/mol. The first-order valence-corrected chi connectivity index (χ1v) is 9.09. The van der Waals surface area contributed by atoms with Crippen molar-refractivity contribution in [3.05, 3.63) is 45.7 Å². The molecule has 0 radical (unpaired) electrons. The summed E-state index contributed by atoms with van der Waals surface area (Å²) >= 11 is 5.52. The van der Waals surface area contributed by atoms with Crippen molar-refractivity contribution in [1.29, 1.82) is 0 Å². The Morgan fingerprint density at radius 3 is 2.71 bits per heavy atom. The summed E-state index contributed by atoms with van der Waals surface area (Å²) in [5.74, 6) is 0. The Balaban J connectivity index is 1.59. The van der Waals surface area contributed by atoms with Gasteiger partial charge in [0.05, 0.1) is 0 Å². The molecule has 1 aromatic heterocycles. The summed E-state index contributed by atoms with van der Waals surface area (Å²) in [5, 5.41) is 3.71. The van der Waals surface area contributed by atoms with Gasteiger partial charge in [-0.15, -0.1) is 11.3 Å². The first kappa shape index (κ1) is 15.2. The molecule has 2 nitrogen and oxygen atoms in total. The molecule has 1 aliphatic heterocycles. The zero-order chi connectivity index (χ0) is 14.7. The van der Waals surface area contributed by atoms with Crippen molar-refractivity contribution in [2.45, 2.75) is 25.4 Å². The van der Waals surface area contributed by atoms with Crippen LogP contribution in [0.15, 0.2) is 40.9 Å². The van der Waals surface area contributed by atoms with Crippen LogP contribution in [0, 0.1) is 0 Å². The lowest BCUT2D eigenvalue weighted by Gasteiger charge is -2.29. The van der Waals surface area contributed by atoms with Crippen LogP contribution in [-0.4, -0.2) is 31.1 Å². The number of likely N-dealkylation sites (tertiary alicyclic amines) is 1. The number of hydrogen-bond donors (Lipinski definition) is 1. The molecule has 0 atom stereocenters. The first-order valence-electron chi connectivity index (χ1n) is 7.48. The van der Waals surface area contributed by atoms with Crippen LogP contribution in [-0.2, 0) is 6.54 Å². The fourth-order valence-corrected chi connectivity index (χ4v) is 4.36. The quantitative estimate of drug-likeness (QED) is 0.866. The van der Waals surface area contributed by atoms with Gasteiger partial charge in [0.25, 0.3) is 0 Å². The Morgan fingerprint density at radius 1 is 1.19 bits per heavy atom. The maximum absolute atomic E-state index is 3.71. The van der Waals surface area contributed by atoms with Gasteiger partial charge in [0, 0.05) is 32.4 Å². The number of benzene rings is 1. The molecular formula is C17H21BrN2S. The van der Waals surface area contributed by atoms with Gasteiger partial charge in [0.2, 0.25) is 0 Å². The number of piperidine rings is 1. The lowest BCUT2D eigenvalue weighted by molar-refractivity contribution is 0.234. The molecule has 1 N–H and O–H groups in total. The minimum atomic E-state index is 0.676. The molecule has 0 aliphatic carbocycles. The van der Waals surface area contributed by atoms with E-state index in [1.807, 2.05) is 11.3 Å². The number of rotatable bonds is 4. The van der Waals surface area contributed by atoms with Crippen LogP contribution >= 0.6 is 27.3 Å². The number of nitrogens with zero attached hydrogens (tertiary/aromatic N) is 1. The summed E-state index contributed by atoms with van der Waals surface area (Å²) in [7, 11) is 2.21. The van der Waals surface area contributed by atoms with Gasteiger partial charge in [-0.05, 0) is 51.2 Å². The molecule has 1 aliphatic rings. The van der Waals surface area contributed by atoms with E-state index in [0.717, 1.165) is 6.54 Å². The van der Waals surface area contributed by atoms with Gasteiger partial charge in [-0.25, -0.2) is 0 Å². The highest BCUT2D eigenvalue weighted by molar-refractivity contribution is 9.10. The summed E-state index contributed by atoms with van der Waals surface area (Å²) in [6.45, 7) is 3.41. The van der Waals surface area contributed by atoms with Gasteiger partial charge < -0.3 is 10.2 Å². The maximum Gasteiger partial charge on any atom is 0.0357 e. The Bertz CT molecular complexity index is 588. The number of halogens is 1. The molecule has 0 spiro atoms. The number of thiophene rings is 1. The molecule has 1 fully saturated rings. The predicted molar refractivity (Wildman–Crippen MR) is 94.8 cm³/mol. The third kappa shape index (κ3) is 3.95. The van der Waals surface area contributed by atoms with E-state index in [4.69, 9.17) is 0 Å². The zero-order valence-corrected chi connectivity index (χ0v) is 14.7. The Labute approximate surface area is 139 Å². The van der Waals surface area contributed by atoms with E-state index < -0.39 is 0 Å². The third-order valence-electron chi connectivity index (χ3n) is 4.08. The predicted octanol–water partition coefficient (Wildman–Crippen LogP) is 4.36. The van der Waals surface area contributed by atoms with Crippen LogP contribution in [0.25, 0.3) is 10.4 Å². The summed E-state index contributed by atoms with van der Waals surface area (Å²) < 4.78 is 1.17.